The van der Waals surface area contributed by atoms with E-state index in [-0.39, 0.29) is 11.9 Å². The zero-order valence-corrected chi connectivity index (χ0v) is 11.6. The second-order valence-electron chi connectivity index (χ2n) is 5.44. The van der Waals surface area contributed by atoms with Gasteiger partial charge in [-0.3, -0.25) is 4.90 Å². The fourth-order valence-corrected chi connectivity index (χ4v) is 2.92. The third-order valence-electron chi connectivity index (χ3n) is 3.68. The highest BCUT2D eigenvalue weighted by Gasteiger charge is 2.33. The minimum Gasteiger partial charge on any atom is -0.389 e. The number of aliphatic hydroxyl groups excluding tert-OH is 1. The van der Waals surface area contributed by atoms with Crippen molar-refractivity contribution in [3.63, 3.8) is 0 Å². The molecule has 0 radical (unpaired) electrons. The van der Waals surface area contributed by atoms with Crippen molar-refractivity contribution in [1.82, 2.24) is 4.90 Å². The van der Waals surface area contributed by atoms with Crippen LogP contribution < -0.4 is 0 Å². The van der Waals surface area contributed by atoms with Crippen molar-refractivity contribution in [2.75, 3.05) is 26.8 Å². The summed E-state index contributed by atoms with van der Waals surface area (Å²) in [5.74, 6) is 0.354. The quantitative estimate of drug-likeness (QED) is 0.888. The van der Waals surface area contributed by atoms with Crippen LogP contribution in [0, 0.1) is 11.7 Å². The second-order valence-corrected chi connectivity index (χ2v) is 5.44. The summed E-state index contributed by atoms with van der Waals surface area (Å²) in [5, 5.41) is 9.87. The number of methoxy groups -OCH3 is 1. The van der Waals surface area contributed by atoms with E-state index >= 15 is 0 Å². The molecule has 3 atom stereocenters. The van der Waals surface area contributed by atoms with E-state index in [1.165, 1.54) is 6.07 Å². The Morgan fingerprint density at radius 3 is 2.89 bits per heavy atom. The van der Waals surface area contributed by atoms with Crippen LogP contribution in [0.2, 0.25) is 0 Å². The predicted octanol–water partition coefficient (Wildman–Crippen LogP) is 2.22. The monoisotopic (exact) mass is 267 g/mol. The Bertz CT molecular complexity index is 413. The Hall–Kier alpha value is -0.970. The van der Waals surface area contributed by atoms with Crippen molar-refractivity contribution in [2.24, 2.45) is 5.92 Å². The maximum absolute atomic E-state index is 13.9. The number of halogens is 1. The van der Waals surface area contributed by atoms with E-state index in [1.807, 2.05) is 12.1 Å². The van der Waals surface area contributed by atoms with E-state index in [0.29, 0.717) is 19.1 Å². The zero-order chi connectivity index (χ0) is 13.8. The van der Waals surface area contributed by atoms with Crippen molar-refractivity contribution < 1.29 is 14.2 Å². The van der Waals surface area contributed by atoms with Gasteiger partial charge in [-0.25, -0.2) is 4.39 Å². The highest BCUT2D eigenvalue weighted by Crippen LogP contribution is 2.36. The van der Waals surface area contributed by atoms with Crippen LogP contribution in [0.3, 0.4) is 0 Å². The lowest BCUT2D eigenvalue weighted by atomic mass is 10.0. The van der Waals surface area contributed by atoms with E-state index < -0.39 is 6.10 Å². The van der Waals surface area contributed by atoms with Crippen molar-refractivity contribution >= 4 is 0 Å². The van der Waals surface area contributed by atoms with E-state index in [1.54, 1.807) is 13.2 Å². The molecule has 1 aliphatic rings. The molecule has 1 N–H and O–H groups in total. The normalized spacial score (nSPS) is 25.7. The number of benzene rings is 1. The molecule has 0 saturated carbocycles. The van der Waals surface area contributed by atoms with E-state index in [2.05, 4.69) is 11.8 Å². The first-order valence-electron chi connectivity index (χ1n) is 6.77. The summed E-state index contributed by atoms with van der Waals surface area (Å²) in [6, 6.07) is 6.98. The van der Waals surface area contributed by atoms with Gasteiger partial charge in [0.15, 0.2) is 0 Å². The number of rotatable bonds is 5. The molecule has 0 aliphatic carbocycles. The molecule has 2 rings (SSSR count). The largest absolute Gasteiger partial charge is 0.389 e. The van der Waals surface area contributed by atoms with Crippen LogP contribution in [-0.4, -0.2) is 42.9 Å². The first-order chi connectivity index (χ1) is 9.11. The molecule has 1 aliphatic heterocycles. The van der Waals surface area contributed by atoms with Gasteiger partial charge in [0.2, 0.25) is 0 Å². The molecule has 106 valence electrons. The van der Waals surface area contributed by atoms with Crippen LogP contribution >= 0.6 is 0 Å². The van der Waals surface area contributed by atoms with Gasteiger partial charge in [0.25, 0.3) is 0 Å². The molecule has 4 heteroatoms. The van der Waals surface area contributed by atoms with E-state index in [4.69, 9.17) is 4.74 Å². The summed E-state index contributed by atoms with van der Waals surface area (Å²) in [6.45, 7) is 3.89. The summed E-state index contributed by atoms with van der Waals surface area (Å²) in [6.07, 6.45) is 0.408. The standard InChI is InChI=1S/C15H22FNO2/c1-11-7-15(13-5-3-4-6-14(13)16)17(8-11)9-12(18)10-19-2/h3-6,11-12,15,18H,7-10H2,1-2H3/t11-,12-,15+/m1/s1. The maximum Gasteiger partial charge on any atom is 0.127 e. The van der Waals surface area contributed by atoms with Crippen LogP contribution in [-0.2, 0) is 4.74 Å². The minimum absolute atomic E-state index is 0.0581. The van der Waals surface area contributed by atoms with Gasteiger partial charge in [0, 0.05) is 31.8 Å². The van der Waals surface area contributed by atoms with Crippen molar-refractivity contribution in [2.45, 2.75) is 25.5 Å². The molecule has 0 bridgehead atoms. The molecule has 0 unspecified atom stereocenters. The molecule has 1 fully saturated rings. The fourth-order valence-electron chi connectivity index (χ4n) is 2.92. The molecule has 1 aromatic carbocycles. The molecular formula is C15H22FNO2. The highest BCUT2D eigenvalue weighted by atomic mass is 19.1. The van der Waals surface area contributed by atoms with Gasteiger partial charge in [0.05, 0.1) is 12.7 Å². The average molecular weight is 267 g/mol. The topological polar surface area (TPSA) is 32.7 Å². The van der Waals surface area contributed by atoms with Crippen molar-refractivity contribution in [3.05, 3.63) is 35.6 Å². The highest BCUT2D eigenvalue weighted by molar-refractivity contribution is 5.22. The minimum atomic E-state index is -0.524. The van der Waals surface area contributed by atoms with Crippen LogP contribution in [0.4, 0.5) is 4.39 Å². The van der Waals surface area contributed by atoms with Crippen LogP contribution in [0.1, 0.15) is 24.9 Å². The SMILES string of the molecule is COC[C@H](O)CN1C[C@H](C)C[C@H]1c1ccccc1F. The first-order valence-corrected chi connectivity index (χ1v) is 6.77. The summed E-state index contributed by atoms with van der Waals surface area (Å²) < 4.78 is 18.9. The van der Waals surface area contributed by atoms with Gasteiger partial charge in [-0.05, 0) is 18.4 Å². The van der Waals surface area contributed by atoms with Crippen LogP contribution in [0.5, 0.6) is 0 Å². The summed E-state index contributed by atoms with van der Waals surface area (Å²) in [7, 11) is 1.57. The van der Waals surface area contributed by atoms with Crippen LogP contribution in [0.25, 0.3) is 0 Å². The van der Waals surface area contributed by atoms with Gasteiger partial charge in [-0.1, -0.05) is 25.1 Å². The number of likely N-dealkylation sites (tertiary alicyclic amines) is 1. The summed E-state index contributed by atoms with van der Waals surface area (Å²) in [5.41, 5.74) is 0.733. The summed E-state index contributed by atoms with van der Waals surface area (Å²) >= 11 is 0. The van der Waals surface area contributed by atoms with Gasteiger partial charge in [-0.2, -0.15) is 0 Å². The first kappa shape index (κ1) is 14.4. The predicted molar refractivity (Wildman–Crippen MR) is 72.4 cm³/mol. The second kappa shape index (κ2) is 6.46. The molecule has 1 heterocycles. The molecule has 1 aromatic rings. The number of β-amino-alcohol motifs (C(OH)–C–C–N with tert-alkyl or cyclic N) is 1. The van der Waals surface area contributed by atoms with Gasteiger partial charge in [0.1, 0.15) is 5.82 Å². The number of aliphatic hydroxyl groups is 1. The van der Waals surface area contributed by atoms with Gasteiger partial charge in [-0.15, -0.1) is 0 Å². The van der Waals surface area contributed by atoms with Gasteiger partial charge < -0.3 is 9.84 Å². The van der Waals surface area contributed by atoms with Gasteiger partial charge >= 0.3 is 0 Å². The average Bonchev–Trinajstić information content (AvgIpc) is 2.71. The lowest BCUT2D eigenvalue weighted by Gasteiger charge is -2.27. The third kappa shape index (κ3) is 3.53. The molecule has 0 spiro atoms. The molecule has 0 amide bonds. The van der Waals surface area contributed by atoms with Crippen molar-refractivity contribution in [3.8, 4) is 0 Å². The maximum atomic E-state index is 13.9. The molecule has 19 heavy (non-hydrogen) atoms. The Kier molecular flexibility index (Phi) is 4.91. The lowest BCUT2D eigenvalue weighted by Crippen LogP contribution is -2.35. The number of hydrogen-bond donors (Lipinski definition) is 1. The molecule has 0 aromatic heterocycles. The Morgan fingerprint density at radius 1 is 1.47 bits per heavy atom. The fraction of sp³-hybridized carbons (Fsp3) is 0.600. The zero-order valence-electron chi connectivity index (χ0n) is 11.6. The van der Waals surface area contributed by atoms with E-state index in [9.17, 15) is 9.50 Å². The molecule has 1 saturated heterocycles. The molecule has 3 nitrogen and oxygen atoms in total. The third-order valence-corrected chi connectivity index (χ3v) is 3.68. The van der Waals surface area contributed by atoms with Crippen LogP contribution in [0.15, 0.2) is 24.3 Å². The number of hydrogen-bond acceptors (Lipinski definition) is 3. The van der Waals surface area contributed by atoms with E-state index in [0.717, 1.165) is 18.5 Å². The number of nitrogens with zero attached hydrogens (tertiary/aromatic N) is 1. The summed E-state index contributed by atoms with van der Waals surface area (Å²) in [4.78, 5) is 2.16. The Morgan fingerprint density at radius 2 is 2.21 bits per heavy atom. The molecular weight excluding hydrogens is 245 g/mol. The Balaban J connectivity index is 2.11. The lowest BCUT2D eigenvalue weighted by molar-refractivity contribution is 0.0338. The van der Waals surface area contributed by atoms with Crippen molar-refractivity contribution in [1.29, 1.82) is 0 Å². The Labute approximate surface area is 114 Å². The number of ether oxygens (including phenoxy) is 1. The smallest absolute Gasteiger partial charge is 0.127 e.